The first-order valence-electron chi connectivity index (χ1n) is 6.55. The first-order chi connectivity index (χ1) is 9.47. The summed E-state index contributed by atoms with van der Waals surface area (Å²) >= 11 is 0. The lowest BCUT2D eigenvalue weighted by atomic mass is 10.0. The molecule has 0 heterocycles. The minimum atomic E-state index is -0.497. The second kappa shape index (κ2) is 5.87. The SMILES string of the molecule is Cc1ccc(F)c(C(=O)c2ccc(OC(C)C)cc2)c1. The van der Waals surface area contributed by atoms with Gasteiger partial charge < -0.3 is 4.74 Å². The van der Waals surface area contributed by atoms with Crippen LogP contribution in [-0.2, 0) is 0 Å². The molecule has 0 unspecified atom stereocenters. The maximum Gasteiger partial charge on any atom is 0.195 e. The molecule has 0 N–H and O–H groups in total. The second-order valence-corrected chi connectivity index (χ2v) is 5.00. The van der Waals surface area contributed by atoms with Crippen LogP contribution in [-0.4, -0.2) is 11.9 Å². The molecule has 0 saturated heterocycles. The van der Waals surface area contributed by atoms with Crippen molar-refractivity contribution in [2.24, 2.45) is 0 Å². The monoisotopic (exact) mass is 272 g/mol. The van der Waals surface area contributed by atoms with Crippen molar-refractivity contribution in [2.75, 3.05) is 0 Å². The van der Waals surface area contributed by atoms with Gasteiger partial charge in [-0.25, -0.2) is 4.39 Å². The molecule has 0 bridgehead atoms. The number of ether oxygens (including phenoxy) is 1. The zero-order valence-electron chi connectivity index (χ0n) is 11.8. The molecule has 0 aliphatic rings. The lowest BCUT2D eigenvalue weighted by Crippen LogP contribution is -2.07. The van der Waals surface area contributed by atoms with Crippen LogP contribution in [0.25, 0.3) is 0 Å². The van der Waals surface area contributed by atoms with E-state index in [1.807, 2.05) is 20.8 Å². The molecular formula is C17H17FO2. The minimum absolute atomic E-state index is 0.0748. The lowest BCUT2D eigenvalue weighted by Gasteiger charge is -2.10. The molecule has 0 saturated carbocycles. The summed E-state index contributed by atoms with van der Waals surface area (Å²) in [6.45, 7) is 5.69. The third kappa shape index (κ3) is 3.23. The van der Waals surface area contributed by atoms with Gasteiger partial charge in [0.15, 0.2) is 5.78 Å². The van der Waals surface area contributed by atoms with Gasteiger partial charge in [0.25, 0.3) is 0 Å². The van der Waals surface area contributed by atoms with Crippen molar-refractivity contribution in [3.05, 3.63) is 65.0 Å². The third-order valence-electron chi connectivity index (χ3n) is 2.85. The molecule has 0 spiro atoms. The number of hydrogen-bond donors (Lipinski definition) is 0. The summed E-state index contributed by atoms with van der Waals surface area (Å²) < 4.78 is 19.2. The highest BCUT2D eigenvalue weighted by Crippen LogP contribution is 2.19. The van der Waals surface area contributed by atoms with Crippen LogP contribution in [0.3, 0.4) is 0 Å². The van der Waals surface area contributed by atoms with Gasteiger partial charge in [0, 0.05) is 5.56 Å². The Balaban J connectivity index is 2.27. The Morgan fingerprint density at radius 1 is 1.10 bits per heavy atom. The average Bonchev–Trinajstić information content (AvgIpc) is 2.41. The van der Waals surface area contributed by atoms with Gasteiger partial charge in [-0.2, -0.15) is 0 Å². The Labute approximate surface area is 118 Å². The zero-order chi connectivity index (χ0) is 14.7. The van der Waals surface area contributed by atoms with Crippen molar-refractivity contribution in [2.45, 2.75) is 26.9 Å². The van der Waals surface area contributed by atoms with Crippen LogP contribution in [0.5, 0.6) is 5.75 Å². The summed E-state index contributed by atoms with van der Waals surface area (Å²) in [4.78, 5) is 12.3. The van der Waals surface area contributed by atoms with E-state index in [-0.39, 0.29) is 17.5 Å². The molecule has 2 aromatic rings. The van der Waals surface area contributed by atoms with Crippen molar-refractivity contribution in [3.8, 4) is 5.75 Å². The van der Waals surface area contributed by atoms with Gasteiger partial charge in [0.2, 0.25) is 0 Å². The standard InChI is InChI=1S/C17H17FO2/c1-11(2)20-14-7-5-13(6-8-14)17(19)15-10-12(3)4-9-16(15)18/h4-11H,1-3H3. The van der Waals surface area contributed by atoms with Crippen LogP contribution >= 0.6 is 0 Å². The zero-order valence-corrected chi connectivity index (χ0v) is 11.8. The number of carbonyl (C=O) groups is 1. The number of hydrogen-bond acceptors (Lipinski definition) is 2. The normalized spacial score (nSPS) is 10.7. The van der Waals surface area contributed by atoms with Gasteiger partial charge in [0.05, 0.1) is 11.7 Å². The maximum atomic E-state index is 13.7. The Kier molecular flexibility index (Phi) is 4.18. The van der Waals surface area contributed by atoms with Gasteiger partial charge in [-0.05, 0) is 57.2 Å². The van der Waals surface area contributed by atoms with Crippen molar-refractivity contribution in [3.63, 3.8) is 0 Å². The Hall–Kier alpha value is -2.16. The van der Waals surface area contributed by atoms with Crippen LogP contribution < -0.4 is 4.74 Å². The van der Waals surface area contributed by atoms with E-state index >= 15 is 0 Å². The van der Waals surface area contributed by atoms with Crippen LogP contribution in [0.1, 0.15) is 35.3 Å². The predicted molar refractivity (Wildman–Crippen MR) is 76.8 cm³/mol. The molecule has 0 aliphatic heterocycles. The quantitative estimate of drug-likeness (QED) is 0.781. The number of benzene rings is 2. The van der Waals surface area contributed by atoms with Crippen molar-refractivity contribution < 1.29 is 13.9 Å². The molecule has 2 rings (SSSR count). The number of rotatable bonds is 4. The topological polar surface area (TPSA) is 26.3 Å². The Morgan fingerprint density at radius 3 is 2.35 bits per heavy atom. The molecule has 3 heteroatoms. The first-order valence-corrected chi connectivity index (χ1v) is 6.55. The maximum absolute atomic E-state index is 13.7. The number of halogens is 1. The summed E-state index contributed by atoms with van der Waals surface area (Å²) in [6.07, 6.45) is 0.0748. The van der Waals surface area contributed by atoms with E-state index in [2.05, 4.69) is 0 Å². The van der Waals surface area contributed by atoms with E-state index in [1.54, 1.807) is 36.4 Å². The van der Waals surface area contributed by atoms with E-state index in [1.165, 1.54) is 6.07 Å². The molecule has 0 atom stereocenters. The summed E-state index contributed by atoms with van der Waals surface area (Å²) in [5.41, 5.74) is 1.41. The van der Waals surface area contributed by atoms with Crippen molar-refractivity contribution >= 4 is 5.78 Å². The van der Waals surface area contributed by atoms with E-state index in [4.69, 9.17) is 4.74 Å². The Bertz CT molecular complexity index is 615. The molecule has 104 valence electrons. The molecule has 2 aromatic carbocycles. The number of ketones is 1. The van der Waals surface area contributed by atoms with E-state index in [0.29, 0.717) is 11.3 Å². The highest BCUT2D eigenvalue weighted by Gasteiger charge is 2.14. The molecule has 20 heavy (non-hydrogen) atoms. The number of aryl methyl sites for hydroxylation is 1. The lowest BCUT2D eigenvalue weighted by molar-refractivity contribution is 0.103. The molecular weight excluding hydrogens is 255 g/mol. The van der Waals surface area contributed by atoms with Crippen LogP contribution in [0.4, 0.5) is 4.39 Å². The molecule has 0 fully saturated rings. The summed E-state index contributed by atoms with van der Waals surface area (Å²) in [6, 6.07) is 11.3. The third-order valence-corrected chi connectivity index (χ3v) is 2.85. The van der Waals surface area contributed by atoms with Crippen LogP contribution in [0.2, 0.25) is 0 Å². The van der Waals surface area contributed by atoms with E-state index in [9.17, 15) is 9.18 Å². The minimum Gasteiger partial charge on any atom is -0.491 e. The average molecular weight is 272 g/mol. The summed E-state index contributed by atoms with van der Waals surface area (Å²) in [7, 11) is 0. The molecule has 0 aliphatic carbocycles. The second-order valence-electron chi connectivity index (χ2n) is 5.00. The van der Waals surface area contributed by atoms with Crippen molar-refractivity contribution in [1.29, 1.82) is 0 Å². The summed E-state index contributed by atoms with van der Waals surface area (Å²) in [5.74, 6) is -0.119. The van der Waals surface area contributed by atoms with E-state index in [0.717, 1.165) is 5.56 Å². The van der Waals surface area contributed by atoms with Gasteiger partial charge in [-0.1, -0.05) is 11.6 Å². The van der Waals surface area contributed by atoms with Crippen molar-refractivity contribution in [1.82, 2.24) is 0 Å². The molecule has 0 amide bonds. The molecule has 2 nitrogen and oxygen atoms in total. The highest BCUT2D eigenvalue weighted by molar-refractivity contribution is 6.09. The first kappa shape index (κ1) is 14.3. The largest absolute Gasteiger partial charge is 0.491 e. The fourth-order valence-electron chi connectivity index (χ4n) is 1.93. The van der Waals surface area contributed by atoms with Gasteiger partial charge >= 0.3 is 0 Å². The van der Waals surface area contributed by atoms with E-state index < -0.39 is 5.82 Å². The van der Waals surface area contributed by atoms with Gasteiger partial charge in [-0.3, -0.25) is 4.79 Å². The fourth-order valence-corrected chi connectivity index (χ4v) is 1.93. The molecule has 0 radical (unpaired) electrons. The van der Waals surface area contributed by atoms with Gasteiger partial charge in [-0.15, -0.1) is 0 Å². The smallest absolute Gasteiger partial charge is 0.195 e. The van der Waals surface area contributed by atoms with Crippen LogP contribution in [0.15, 0.2) is 42.5 Å². The predicted octanol–water partition coefficient (Wildman–Crippen LogP) is 4.15. The summed E-state index contributed by atoms with van der Waals surface area (Å²) in [5, 5.41) is 0. The number of carbonyl (C=O) groups excluding carboxylic acids is 1. The van der Waals surface area contributed by atoms with Crippen LogP contribution in [0, 0.1) is 12.7 Å². The Morgan fingerprint density at radius 2 is 1.75 bits per heavy atom. The van der Waals surface area contributed by atoms with Gasteiger partial charge in [0.1, 0.15) is 11.6 Å². The highest BCUT2D eigenvalue weighted by atomic mass is 19.1. The fraction of sp³-hybridized carbons (Fsp3) is 0.235. The molecule has 0 aromatic heterocycles.